The van der Waals surface area contributed by atoms with Crippen LogP contribution in [0.25, 0.3) is 0 Å². The molecule has 46 heavy (non-hydrogen) atoms. The van der Waals surface area contributed by atoms with Crippen LogP contribution in [0.4, 0.5) is 5.69 Å². The Morgan fingerprint density at radius 2 is 1.30 bits per heavy atom. The van der Waals surface area contributed by atoms with Gasteiger partial charge in [-0.2, -0.15) is 0 Å². The monoisotopic (exact) mass is 652 g/mol. The van der Waals surface area contributed by atoms with E-state index in [-0.39, 0.29) is 36.2 Å². The highest BCUT2D eigenvalue weighted by atomic mass is 32.2. The molecule has 5 aromatic rings. The number of benzene rings is 5. The minimum atomic E-state index is -3.63. The zero-order valence-corrected chi connectivity index (χ0v) is 26.7. The standard InChI is InChI=1S/C37H36N2O5S2/c38-32-13-7-8-14-34(32)45-25-33-35(28-9-3-1-4-10-28)36(29-19-17-27(24-40)18-20-29)44-37(43-33)30-21-15-26(16-22-30)23-39-46(41,42)31-11-5-2-6-12-31/h1-22,33,35-37,39-40H,23-25,38H2. The van der Waals surface area contributed by atoms with Crippen LogP contribution in [0.5, 0.6) is 0 Å². The number of para-hydroxylation sites is 1. The van der Waals surface area contributed by atoms with Gasteiger partial charge in [-0.1, -0.05) is 109 Å². The molecule has 236 valence electrons. The summed E-state index contributed by atoms with van der Waals surface area (Å²) in [6.07, 6.45) is -1.26. The van der Waals surface area contributed by atoms with Crippen molar-refractivity contribution in [2.45, 2.75) is 47.4 Å². The SMILES string of the molecule is Nc1ccccc1SCC1OC(c2ccc(CNS(=O)(=O)c3ccccc3)cc2)OC(c2ccc(CO)cc2)C1c1ccccc1. The Kier molecular flexibility index (Phi) is 10.2. The minimum absolute atomic E-state index is 0.0364. The van der Waals surface area contributed by atoms with E-state index in [0.717, 1.165) is 38.4 Å². The number of nitrogen functional groups attached to an aromatic ring is 1. The topological polar surface area (TPSA) is 111 Å². The number of nitrogens with one attached hydrogen (secondary N) is 1. The number of hydrogen-bond acceptors (Lipinski definition) is 7. The number of ether oxygens (including phenoxy) is 2. The maximum atomic E-state index is 12.7. The second-order valence-electron chi connectivity index (χ2n) is 11.1. The Morgan fingerprint density at radius 1 is 0.696 bits per heavy atom. The van der Waals surface area contributed by atoms with Gasteiger partial charge in [-0.15, -0.1) is 11.8 Å². The molecule has 0 aliphatic carbocycles. The summed E-state index contributed by atoms with van der Waals surface area (Å²) in [5.41, 5.74) is 11.6. The minimum Gasteiger partial charge on any atom is -0.398 e. The Hall–Kier alpha value is -3.96. The summed E-state index contributed by atoms with van der Waals surface area (Å²) in [7, 11) is -3.63. The van der Waals surface area contributed by atoms with Crippen LogP contribution in [-0.4, -0.2) is 25.4 Å². The quantitative estimate of drug-likeness (QED) is 0.104. The molecule has 5 aromatic carbocycles. The van der Waals surface area contributed by atoms with Crippen LogP contribution in [0.1, 0.15) is 46.1 Å². The van der Waals surface area contributed by atoms with Gasteiger partial charge in [-0.25, -0.2) is 13.1 Å². The molecule has 4 atom stereocenters. The third-order valence-corrected chi connectivity index (χ3v) is 10.7. The lowest BCUT2D eigenvalue weighted by atomic mass is 9.84. The van der Waals surface area contributed by atoms with E-state index < -0.39 is 16.3 Å². The second kappa shape index (κ2) is 14.6. The third kappa shape index (κ3) is 7.53. The lowest BCUT2D eigenvalue weighted by Crippen LogP contribution is -2.38. The van der Waals surface area contributed by atoms with Crippen molar-refractivity contribution in [3.8, 4) is 0 Å². The summed E-state index contributed by atoms with van der Waals surface area (Å²) in [6.45, 7) is 0.114. The summed E-state index contributed by atoms with van der Waals surface area (Å²) >= 11 is 1.66. The molecule has 0 aromatic heterocycles. The van der Waals surface area contributed by atoms with Crippen LogP contribution in [0.2, 0.25) is 0 Å². The number of aliphatic hydroxyl groups is 1. The van der Waals surface area contributed by atoms with Crippen molar-refractivity contribution in [1.29, 1.82) is 0 Å². The molecule has 0 spiro atoms. The maximum Gasteiger partial charge on any atom is 0.240 e. The molecule has 7 nitrogen and oxygen atoms in total. The molecule has 0 amide bonds. The molecule has 0 radical (unpaired) electrons. The van der Waals surface area contributed by atoms with Crippen molar-refractivity contribution < 1.29 is 23.0 Å². The van der Waals surface area contributed by atoms with Crippen LogP contribution in [0.15, 0.2) is 143 Å². The number of nitrogens with two attached hydrogens (primary N) is 1. The molecule has 1 fully saturated rings. The summed E-state index contributed by atoms with van der Waals surface area (Å²) < 4.78 is 41.7. The van der Waals surface area contributed by atoms with Gasteiger partial charge in [-0.3, -0.25) is 0 Å². The molecule has 0 bridgehead atoms. The fourth-order valence-electron chi connectivity index (χ4n) is 5.59. The van der Waals surface area contributed by atoms with E-state index in [9.17, 15) is 13.5 Å². The zero-order chi connectivity index (χ0) is 31.9. The van der Waals surface area contributed by atoms with Crippen molar-refractivity contribution >= 4 is 27.5 Å². The van der Waals surface area contributed by atoms with Crippen molar-refractivity contribution in [3.63, 3.8) is 0 Å². The van der Waals surface area contributed by atoms with Gasteiger partial charge in [0.2, 0.25) is 10.0 Å². The van der Waals surface area contributed by atoms with Crippen molar-refractivity contribution in [1.82, 2.24) is 4.72 Å². The molecule has 4 N–H and O–H groups in total. The predicted molar refractivity (Wildman–Crippen MR) is 181 cm³/mol. The smallest absolute Gasteiger partial charge is 0.240 e. The molecular weight excluding hydrogens is 617 g/mol. The molecule has 1 saturated heterocycles. The Balaban J connectivity index is 1.28. The number of hydrogen-bond donors (Lipinski definition) is 3. The molecule has 6 rings (SSSR count). The molecule has 1 aliphatic heterocycles. The Bertz CT molecular complexity index is 1820. The van der Waals surface area contributed by atoms with Crippen molar-refractivity contribution in [2.75, 3.05) is 11.5 Å². The van der Waals surface area contributed by atoms with E-state index in [2.05, 4.69) is 16.9 Å². The van der Waals surface area contributed by atoms with Crippen LogP contribution in [0, 0.1) is 0 Å². The maximum absolute atomic E-state index is 12.7. The van der Waals surface area contributed by atoms with Gasteiger partial charge in [-0.05, 0) is 46.5 Å². The Morgan fingerprint density at radius 3 is 1.98 bits per heavy atom. The average molecular weight is 653 g/mol. The van der Waals surface area contributed by atoms with Crippen LogP contribution < -0.4 is 10.5 Å². The largest absolute Gasteiger partial charge is 0.398 e. The lowest BCUT2D eigenvalue weighted by Gasteiger charge is -2.43. The van der Waals surface area contributed by atoms with Crippen LogP contribution in [0.3, 0.4) is 0 Å². The van der Waals surface area contributed by atoms with E-state index >= 15 is 0 Å². The van der Waals surface area contributed by atoms with Gasteiger partial charge in [0.15, 0.2) is 6.29 Å². The normalized spacial score (nSPS) is 19.9. The van der Waals surface area contributed by atoms with E-state index in [1.54, 1.807) is 42.1 Å². The van der Waals surface area contributed by atoms with Crippen molar-refractivity contribution in [2.24, 2.45) is 0 Å². The summed E-state index contributed by atoms with van der Waals surface area (Å²) in [5, 5.41) is 9.66. The zero-order valence-electron chi connectivity index (χ0n) is 25.1. The van der Waals surface area contributed by atoms with Gasteiger partial charge in [0.25, 0.3) is 0 Å². The first-order valence-corrected chi connectivity index (χ1v) is 17.5. The van der Waals surface area contributed by atoms with E-state index in [4.69, 9.17) is 15.2 Å². The molecule has 9 heteroatoms. The number of anilines is 1. The first kappa shape index (κ1) is 32.0. The van der Waals surface area contributed by atoms with Gasteiger partial charge in [0.05, 0.1) is 23.7 Å². The molecule has 0 saturated carbocycles. The van der Waals surface area contributed by atoms with Gasteiger partial charge in [0.1, 0.15) is 0 Å². The van der Waals surface area contributed by atoms with Gasteiger partial charge >= 0.3 is 0 Å². The van der Waals surface area contributed by atoms with Crippen LogP contribution >= 0.6 is 11.8 Å². The number of aliphatic hydroxyl groups excluding tert-OH is 1. The van der Waals surface area contributed by atoms with Gasteiger partial charge in [0, 0.05) is 34.4 Å². The fraction of sp³-hybridized carbons (Fsp3) is 0.189. The predicted octanol–water partition coefficient (Wildman–Crippen LogP) is 6.97. The number of thioether (sulfide) groups is 1. The number of sulfonamides is 1. The fourth-order valence-corrected chi connectivity index (χ4v) is 7.67. The first-order chi connectivity index (χ1) is 22.4. The highest BCUT2D eigenvalue weighted by Crippen LogP contribution is 2.48. The van der Waals surface area contributed by atoms with E-state index in [0.29, 0.717) is 5.75 Å². The Labute approximate surface area is 274 Å². The molecule has 1 heterocycles. The summed E-state index contributed by atoms with van der Waals surface area (Å²) in [6, 6.07) is 41.9. The lowest BCUT2D eigenvalue weighted by molar-refractivity contribution is -0.255. The first-order valence-electron chi connectivity index (χ1n) is 15.1. The van der Waals surface area contributed by atoms with E-state index in [1.165, 1.54) is 0 Å². The molecule has 1 aliphatic rings. The average Bonchev–Trinajstić information content (AvgIpc) is 3.11. The van der Waals surface area contributed by atoms with E-state index in [1.807, 2.05) is 91.0 Å². The molecule has 4 unspecified atom stereocenters. The molecular formula is C37H36N2O5S2. The van der Waals surface area contributed by atoms with Gasteiger partial charge < -0.3 is 20.3 Å². The third-order valence-electron chi connectivity index (χ3n) is 8.06. The highest BCUT2D eigenvalue weighted by Gasteiger charge is 2.42. The summed E-state index contributed by atoms with van der Waals surface area (Å²) in [4.78, 5) is 1.22. The van der Waals surface area contributed by atoms with Crippen molar-refractivity contribution in [3.05, 3.63) is 161 Å². The number of rotatable bonds is 11. The second-order valence-corrected chi connectivity index (χ2v) is 14.0. The van der Waals surface area contributed by atoms with Crippen LogP contribution in [-0.2, 0) is 32.6 Å². The highest BCUT2D eigenvalue weighted by molar-refractivity contribution is 7.99. The summed E-state index contributed by atoms with van der Waals surface area (Å²) in [5.74, 6) is 0.514.